The van der Waals surface area contributed by atoms with Crippen molar-refractivity contribution in [3.63, 3.8) is 0 Å². The van der Waals surface area contributed by atoms with E-state index < -0.39 is 10.0 Å². The van der Waals surface area contributed by atoms with Gasteiger partial charge in [0.15, 0.2) is 0 Å². The SMILES string of the molecule is COCCOc1cccc(C(=O)NCCNS(=O)(=O)c2ccc(C)cc2)c1. The minimum Gasteiger partial charge on any atom is -0.491 e. The van der Waals surface area contributed by atoms with Gasteiger partial charge in [-0.15, -0.1) is 0 Å². The molecule has 8 heteroatoms. The number of sulfonamides is 1. The number of carbonyl (C=O) groups is 1. The summed E-state index contributed by atoms with van der Waals surface area (Å²) in [4.78, 5) is 12.4. The Balaban J connectivity index is 1.82. The van der Waals surface area contributed by atoms with E-state index in [2.05, 4.69) is 10.0 Å². The first-order valence-electron chi connectivity index (χ1n) is 8.49. The van der Waals surface area contributed by atoms with Gasteiger partial charge in [0, 0.05) is 25.8 Å². The fraction of sp³-hybridized carbons (Fsp3) is 0.316. The normalized spacial score (nSPS) is 11.2. The first-order valence-corrected chi connectivity index (χ1v) is 9.97. The van der Waals surface area contributed by atoms with Crippen LogP contribution in [0, 0.1) is 6.92 Å². The summed E-state index contributed by atoms with van der Waals surface area (Å²) in [6.45, 7) is 2.99. The number of methoxy groups -OCH3 is 1. The van der Waals surface area contributed by atoms with E-state index in [1.54, 1.807) is 55.6 Å². The summed E-state index contributed by atoms with van der Waals surface area (Å²) >= 11 is 0. The van der Waals surface area contributed by atoms with Crippen molar-refractivity contribution in [2.45, 2.75) is 11.8 Å². The summed E-state index contributed by atoms with van der Waals surface area (Å²) in [5.41, 5.74) is 1.42. The van der Waals surface area contributed by atoms with Gasteiger partial charge in [-0.3, -0.25) is 4.79 Å². The number of amides is 1. The maximum absolute atomic E-state index is 12.2. The van der Waals surface area contributed by atoms with Crippen LogP contribution < -0.4 is 14.8 Å². The average Bonchev–Trinajstić information content (AvgIpc) is 2.66. The summed E-state index contributed by atoms with van der Waals surface area (Å²) in [6.07, 6.45) is 0. The number of ether oxygens (including phenoxy) is 2. The van der Waals surface area contributed by atoms with Crippen molar-refractivity contribution in [3.05, 3.63) is 59.7 Å². The van der Waals surface area contributed by atoms with Crippen LogP contribution in [0.15, 0.2) is 53.4 Å². The first kappa shape index (κ1) is 20.9. The zero-order valence-corrected chi connectivity index (χ0v) is 16.2. The minimum atomic E-state index is -3.59. The van der Waals surface area contributed by atoms with Crippen LogP contribution in [0.25, 0.3) is 0 Å². The number of hydrogen-bond acceptors (Lipinski definition) is 5. The smallest absolute Gasteiger partial charge is 0.251 e. The van der Waals surface area contributed by atoms with E-state index in [0.717, 1.165) is 5.56 Å². The molecule has 0 aliphatic heterocycles. The molecule has 2 aromatic rings. The molecule has 0 saturated carbocycles. The van der Waals surface area contributed by atoms with Crippen LogP contribution in [0.1, 0.15) is 15.9 Å². The Hall–Kier alpha value is -2.42. The molecule has 7 nitrogen and oxygen atoms in total. The Morgan fingerprint density at radius 3 is 2.48 bits per heavy atom. The zero-order valence-electron chi connectivity index (χ0n) is 15.4. The fourth-order valence-electron chi connectivity index (χ4n) is 2.23. The second kappa shape index (κ2) is 10.1. The summed E-state index contributed by atoms with van der Waals surface area (Å²) in [5.74, 6) is 0.265. The number of nitrogens with one attached hydrogen (secondary N) is 2. The predicted molar refractivity (Wildman–Crippen MR) is 103 cm³/mol. The molecule has 0 aliphatic rings. The average molecular weight is 392 g/mol. The zero-order chi connectivity index (χ0) is 19.7. The van der Waals surface area contributed by atoms with Crippen molar-refractivity contribution in [2.24, 2.45) is 0 Å². The summed E-state index contributed by atoms with van der Waals surface area (Å²) < 4.78 is 37.2. The summed E-state index contributed by atoms with van der Waals surface area (Å²) in [7, 11) is -2.01. The number of benzene rings is 2. The van der Waals surface area contributed by atoms with Gasteiger partial charge in [0.25, 0.3) is 5.91 Å². The van der Waals surface area contributed by atoms with Crippen molar-refractivity contribution in [3.8, 4) is 5.75 Å². The molecular formula is C19H24N2O5S. The molecule has 0 heterocycles. The van der Waals surface area contributed by atoms with E-state index in [-0.39, 0.29) is 23.9 Å². The van der Waals surface area contributed by atoms with Gasteiger partial charge in [0.2, 0.25) is 10.0 Å². The van der Waals surface area contributed by atoms with Gasteiger partial charge in [-0.1, -0.05) is 23.8 Å². The van der Waals surface area contributed by atoms with Crippen molar-refractivity contribution in [2.75, 3.05) is 33.4 Å². The molecule has 27 heavy (non-hydrogen) atoms. The molecule has 146 valence electrons. The molecule has 0 spiro atoms. The third kappa shape index (κ3) is 6.67. The molecule has 0 saturated heterocycles. The number of carbonyl (C=O) groups excluding carboxylic acids is 1. The van der Waals surface area contributed by atoms with Crippen LogP contribution in [-0.4, -0.2) is 47.7 Å². The standard InChI is InChI=1S/C19H24N2O5S/c1-15-6-8-18(9-7-15)27(23,24)21-11-10-20-19(22)16-4-3-5-17(14-16)26-13-12-25-2/h3-9,14,21H,10-13H2,1-2H3,(H,20,22). The maximum Gasteiger partial charge on any atom is 0.251 e. The van der Waals surface area contributed by atoms with Gasteiger partial charge >= 0.3 is 0 Å². The molecule has 0 unspecified atom stereocenters. The topological polar surface area (TPSA) is 93.7 Å². The van der Waals surface area contributed by atoms with E-state index >= 15 is 0 Å². The van der Waals surface area contributed by atoms with Gasteiger partial charge < -0.3 is 14.8 Å². The highest BCUT2D eigenvalue weighted by molar-refractivity contribution is 7.89. The van der Waals surface area contributed by atoms with E-state index in [1.807, 2.05) is 6.92 Å². The number of aryl methyl sites for hydroxylation is 1. The third-order valence-electron chi connectivity index (χ3n) is 3.69. The molecule has 0 atom stereocenters. The Morgan fingerprint density at radius 1 is 1.04 bits per heavy atom. The molecule has 2 N–H and O–H groups in total. The van der Waals surface area contributed by atoms with Crippen molar-refractivity contribution < 1.29 is 22.7 Å². The van der Waals surface area contributed by atoms with Crippen molar-refractivity contribution in [1.82, 2.24) is 10.0 Å². The lowest BCUT2D eigenvalue weighted by molar-refractivity contribution is 0.0953. The van der Waals surface area contributed by atoms with Crippen LogP contribution in [0.2, 0.25) is 0 Å². The van der Waals surface area contributed by atoms with Gasteiger partial charge in [0.05, 0.1) is 11.5 Å². The highest BCUT2D eigenvalue weighted by atomic mass is 32.2. The number of rotatable bonds is 10. The Labute approximate surface area is 159 Å². The van der Waals surface area contributed by atoms with E-state index in [9.17, 15) is 13.2 Å². The van der Waals surface area contributed by atoms with Crippen LogP contribution in [-0.2, 0) is 14.8 Å². The largest absolute Gasteiger partial charge is 0.491 e. The summed E-state index contributed by atoms with van der Waals surface area (Å²) in [6, 6.07) is 13.3. The molecule has 2 rings (SSSR count). The molecular weight excluding hydrogens is 368 g/mol. The summed E-state index contributed by atoms with van der Waals surface area (Å²) in [5, 5.41) is 2.68. The lowest BCUT2D eigenvalue weighted by Crippen LogP contribution is -2.34. The quantitative estimate of drug-likeness (QED) is 0.601. The lowest BCUT2D eigenvalue weighted by Gasteiger charge is -2.10. The van der Waals surface area contributed by atoms with Gasteiger partial charge in [-0.05, 0) is 37.3 Å². The second-order valence-electron chi connectivity index (χ2n) is 5.84. The van der Waals surface area contributed by atoms with E-state index in [4.69, 9.17) is 9.47 Å². The maximum atomic E-state index is 12.2. The number of hydrogen-bond donors (Lipinski definition) is 2. The third-order valence-corrected chi connectivity index (χ3v) is 5.16. The Bertz CT molecular complexity index is 851. The molecule has 0 fully saturated rings. The molecule has 1 amide bonds. The van der Waals surface area contributed by atoms with Gasteiger partial charge in [-0.2, -0.15) is 0 Å². The van der Waals surface area contributed by atoms with Crippen molar-refractivity contribution >= 4 is 15.9 Å². The highest BCUT2D eigenvalue weighted by Crippen LogP contribution is 2.13. The monoisotopic (exact) mass is 392 g/mol. The van der Waals surface area contributed by atoms with Crippen LogP contribution in [0.3, 0.4) is 0 Å². The van der Waals surface area contributed by atoms with Gasteiger partial charge in [0.1, 0.15) is 12.4 Å². The minimum absolute atomic E-state index is 0.0893. The highest BCUT2D eigenvalue weighted by Gasteiger charge is 2.13. The van der Waals surface area contributed by atoms with Crippen LogP contribution in [0.4, 0.5) is 0 Å². The molecule has 0 aromatic heterocycles. The van der Waals surface area contributed by atoms with Crippen molar-refractivity contribution in [1.29, 1.82) is 0 Å². The van der Waals surface area contributed by atoms with Gasteiger partial charge in [-0.25, -0.2) is 13.1 Å². The molecule has 0 aliphatic carbocycles. The Morgan fingerprint density at radius 2 is 1.78 bits per heavy atom. The molecule has 0 bridgehead atoms. The lowest BCUT2D eigenvalue weighted by atomic mass is 10.2. The predicted octanol–water partition coefficient (Wildman–Crippen LogP) is 1.73. The van der Waals surface area contributed by atoms with E-state index in [1.165, 1.54) is 0 Å². The second-order valence-corrected chi connectivity index (χ2v) is 7.60. The van der Waals surface area contributed by atoms with Crippen LogP contribution >= 0.6 is 0 Å². The first-order chi connectivity index (χ1) is 12.9. The molecule has 2 aromatic carbocycles. The van der Waals surface area contributed by atoms with Crippen LogP contribution in [0.5, 0.6) is 5.75 Å². The molecule has 0 radical (unpaired) electrons. The fourth-order valence-corrected chi connectivity index (χ4v) is 3.27. The Kier molecular flexibility index (Phi) is 7.78. The van der Waals surface area contributed by atoms with E-state index in [0.29, 0.717) is 24.5 Å².